The van der Waals surface area contributed by atoms with Crippen molar-refractivity contribution in [2.24, 2.45) is 5.92 Å². The van der Waals surface area contributed by atoms with Gasteiger partial charge in [-0.3, -0.25) is 14.9 Å². The molecule has 2 rings (SSSR count). The predicted octanol–water partition coefficient (Wildman–Crippen LogP) is 2.88. The third kappa shape index (κ3) is 4.87. The van der Waals surface area contributed by atoms with Crippen LogP contribution in [0.2, 0.25) is 0 Å². The number of benzene rings is 2. The van der Waals surface area contributed by atoms with Gasteiger partial charge in [-0.15, -0.1) is 0 Å². The van der Waals surface area contributed by atoms with E-state index in [1.165, 1.54) is 6.07 Å². The average Bonchev–Trinajstić information content (AvgIpc) is 2.60. The number of nitro benzene ring substituents is 1. The Balaban J connectivity index is 2.10. The van der Waals surface area contributed by atoms with E-state index in [2.05, 4.69) is 19.2 Å². The fourth-order valence-electron chi connectivity index (χ4n) is 2.78. The molecule has 0 radical (unpaired) electrons. The number of nitrogens with two attached hydrogens (primary N) is 1. The zero-order chi connectivity index (χ0) is 18.4. The van der Waals surface area contributed by atoms with E-state index in [1.54, 1.807) is 18.2 Å². The lowest BCUT2D eigenvalue weighted by Crippen LogP contribution is -2.93. The highest BCUT2D eigenvalue weighted by Gasteiger charge is 2.27. The molecule has 3 N–H and O–H groups in total. The summed E-state index contributed by atoms with van der Waals surface area (Å²) in [7, 11) is 0. The molecular weight excluding hydrogens is 318 g/mol. The summed E-state index contributed by atoms with van der Waals surface area (Å²) < 4.78 is 0. The molecule has 132 valence electrons. The van der Waals surface area contributed by atoms with Crippen LogP contribution in [0.4, 0.5) is 11.4 Å². The van der Waals surface area contributed by atoms with Crippen molar-refractivity contribution in [1.29, 1.82) is 0 Å². The molecule has 1 amide bonds. The zero-order valence-corrected chi connectivity index (χ0v) is 14.7. The Morgan fingerprint density at radius 2 is 1.64 bits per heavy atom. The van der Waals surface area contributed by atoms with Gasteiger partial charge in [-0.05, 0) is 13.0 Å². The van der Waals surface area contributed by atoms with E-state index in [-0.39, 0.29) is 29.4 Å². The van der Waals surface area contributed by atoms with Crippen LogP contribution in [0, 0.1) is 16.0 Å². The van der Waals surface area contributed by atoms with E-state index >= 15 is 0 Å². The number of hydrogen-bond acceptors (Lipinski definition) is 3. The highest BCUT2D eigenvalue weighted by Crippen LogP contribution is 2.23. The van der Waals surface area contributed by atoms with Gasteiger partial charge in [0.15, 0.2) is 6.04 Å². The number of anilines is 1. The number of carbonyl (C=O) groups is 1. The van der Waals surface area contributed by atoms with Gasteiger partial charge in [0.2, 0.25) is 0 Å². The summed E-state index contributed by atoms with van der Waals surface area (Å²) in [4.78, 5) is 23.1. The maximum Gasteiger partial charge on any atom is 0.292 e. The second-order valence-corrected chi connectivity index (χ2v) is 6.43. The smallest absolute Gasteiger partial charge is 0.292 e. The molecule has 0 unspecified atom stereocenters. The van der Waals surface area contributed by atoms with Crippen molar-refractivity contribution < 1.29 is 15.0 Å². The number of para-hydroxylation sites is 2. The van der Waals surface area contributed by atoms with Gasteiger partial charge in [-0.25, -0.2) is 0 Å². The van der Waals surface area contributed by atoms with E-state index < -0.39 is 4.92 Å². The first-order valence-corrected chi connectivity index (χ1v) is 8.34. The first-order valence-electron chi connectivity index (χ1n) is 8.34. The van der Waals surface area contributed by atoms with Crippen LogP contribution >= 0.6 is 0 Å². The Bertz CT molecular complexity index is 732. The molecule has 6 heteroatoms. The Hall–Kier alpha value is -2.73. The molecule has 0 bridgehead atoms. The topological polar surface area (TPSA) is 88.8 Å². The van der Waals surface area contributed by atoms with Crippen LogP contribution < -0.4 is 10.6 Å². The standard InChI is InChI=1S/C19H23N3O3/c1-13(2)18(15-9-5-4-6-10-15)20-14(3)19(23)21-16-11-7-8-12-17(16)22(24)25/h4-14,18,20H,1-3H3,(H,21,23)/p+1/t14-,18+/m0/s1. The second kappa shape index (κ2) is 8.39. The molecule has 6 nitrogen and oxygen atoms in total. The molecule has 0 saturated heterocycles. The molecule has 0 saturated carbocycles. The molecule has 2 atom stereocenters. The highest BCUT2D eigenvalue weighted by atomic mass is 16.6. The van der Waals surface area contributed by atoms with Crippen molar-refractivity contribution in [2.75, 3.05) is 5.32 Å². The Morgan fingerprint density at radius 1 is 1.04 bits per heavy atom. The third-order valence-electron chi connectivity index (χ3n) is 4.17. The summed E-state index contributed by atoms with van der Waals surface area (Å²) in [5.41, 5.74) is 1.27. The molecule has 0 aliphatic heterocycles. The van der Waals surface area contributed by atoms with Crippen molar-refractivity contribution in [2.45, 2.75) is 32.9 Å². The summed E-state index contributed by atoms with van der Waals surface area (Å²) in [5, 5.41) is 15.8. The maximum absolute atomic E-state index is 12.5. The van der Waals surface area contributed by atoms with Crippen LogP contribution in [-0.4, -0.2) is 16.9 Å². The predicted molar refractivity (Wildman–Crippen MR) is 97.1 cm³/mol. The van der Waals surface area contributed by atoms with Crippen molar-refractivity contribution in [3.8, 4) is 0 Å². The lowest BCUT2D eigenvalue weighted by Gasteiger charge is -2.23. The van der Waals surface area contributed by atoms with Gasteiger partial charge in [0.25, 0.3) is 11.6 Å². The zero-order valence-electron chi connectivity index (χ0n) is 14.7. The first kappa shape index (κ1) is 18.6. The van der Waals surface area contributed by atoms with Crippen LogP contribution in [0.3, 0.4) is 0 Å². The van der Waals surface area contributed by atoms with Gasteiger partial charge >= 0.3 is 0 Å². The Morgan fingerprint density at radius 3 is 2.24 bits per heavy atom. The third-order valence-corrected chi connectivity index (χ3v) is 4.17. The Kier molecular flexibility index (Phi) is 6.25. The van der Waals surface area contributed by atoms with Gasteiger partial charge in [0.05, 0.1) is 4.92 Å². The quantitative estimate of drug-likeness (QED) is 0.599. The van der Waals surface area contributed by atoms with Gasteiger partial charge in [-0.2, -0.15) is 0 Å². The van der Waals surface area contributed by atoms with Crippen LogP contribution in [0.5, 0.6) is 0 Å². The number of amides is 1. The molecular formula is C19H24N3O3+. The molecule has 2 aromatic carbocycles. The van der Waals surface area contributed by atoms with Gasteiger partial charge in [0, 0.05) is 17.5 Å². The maximum atomic E-state index is 12.5. The number of hydrogen-bond donors (Lipinski definition) is 2. The van der Waals surface area contributed by atoms with Crippen LogP contribution in [0.15, 0.2) is 54.6 Å². The van der Waals surface area contributed by atoms with Gasteiger partial charge < -0.3 is 10.6 Å². The minimum atomic E-state index is -0.495. The normalized spacial score (nSPS) is 13.3. The summed E-state index contributed by atoms with van der Waals surface area (Å²) >= 11 is 0. The summed E-state index contributed by atoms with van der Waals surface area (Å²) in [6, 6.07) is 15.9. The monoisotopic (exact) mass is 342 g/mol. The van der Waals surface area contributed by atoms with E-state index in [0.717, 1.165) is 5.56 Å². The average molecular weight is 342 g/mol. The fourth-order valence-corrected chi connectivity index (χ4v) is 2.78. The Labute approximate surface area is 147 Å². The summed E-state index contributed by atoms with van der Waals surface area (Å²) in [6.45, 7) is 6.03. The molecule has 0 fully saturated rings. The fraction of sp³-hybridized carbons (Fsp3) is 0.316. The lowest BCUT2D eigenvalue weighted by atomic mass is 9.95. The second-order valence-electron chi connectivity index (χ2n) is 6.43. The molecule has 0 aliphatic rings. The summed E-state index contributed by atoms with van der Waals surface area (Å²) in [5.74, 6) is 0.0830. The molecule has 0 heterocycles. The lowest BCUT2D eigenvalue weighted by molar-refractivity contribution is -0.718. The molecule has 2 aromatic rings. The molecule has 0 aromatic heterocycles. The van der Waals surface area contributed by atoms with E-state index in [1.807, 2.05) is 42.6 Å². The largest absolute Gasteiger partial charge is 0.330 e. The van der Waals surface area contributed by atoms with E-state index in [0.29, 0.717) is 5.92 Å². The number of rotatable bonds is 7. The van der Waals surface area contributed by atoms with Crippen LogP contribution in [0.25, 0.3) is 0 Å². The minimum Gasteiger partial charge on any atom is -0.330 e. The van der Waals surface area contributed by atoms with E-state index in [4.69, 9.17) is 0 Å². The van der Waals surface area contributed by atoms with Gasteiger partial charge in [-0.1, -0.05) is 56.3 Å². The first-order chi connectivity index (χ1) is 11.9. The summed E-state index contributed by atoms with van der Waals surface area (Å²) in [6.07, 6.45) is 0. The molecule has 0 spiro atoms. The highest BCUT2D eigenvalue weighted by molar-refractivity contribution is 5.95. The van der Waals surface area contributed by atoms with Gasteiger partial charge in [0.1, 0.15) is 11.7 Å². The number of nitro groups is 1. The van der Waals surface area contributed by atoms with Crippen LogP contribution in [-0.2, 0) is 4.79 Å². The van der Waals surface area contributed by atoms with E-state index in [9.17, 15) is 14.9 Å². The number of carbonyl (C=O) groups excluding carboxylic acids is 1. The number of nitrogens with zero attached hydrogens (tertiary/aromatic N) is 1. The van der Waals surface area contributed by atoms with Crippen molar-refractivity contribution in [3.63, 3.8) is 0 Å². The SMILES string of the molecule is CC(C)[C@@H]([NH2+][C@@H](C)C(=O)Nc1ccccc1[N+](=O)[O-])c1ccccc1. The van der Waals surface area contributed by atoms with Crippen molar-refractivity contribution in [3.05, 3.63) is 70.3 Å². The molecule has 25 heavy (non-hydrogen) atoms. The minimum absolute atomic E-state index is 0.105. The van der Waals surface area contributed by atoms with Crippen LogP contribution in [0.1, 0.15) is 32.4 Å². The molecule has 0 aliphatic carbocycles. The van der Waals surface area contributed by atoms with Crippen molar-refractivity contribution >= 4 is 17.3 Å². The van der Waals surface area contributed by atoms with Crippen molar-refractivity contribution in [1.82, 2.24) is 0 Å². The number of nitrogens with one attached hydrogen (secondary N) is 1. The number of quaternary nitrogens is 1.